The molecule has 2 amide bonds. The number of methoxy groups -OCH3 is 1. The number of hydrogen-bond donors (Lipinski definition) is 1. The summed E-state index contributed by atoms with van der Waals surface area (Å²) in [5.41, 5.74) is 2.52. The molecule has 0 saturated heterocycles. The molecule has 0 unspecified atom stereocenters. The summed E-state index contributed by atoms with van der Waals surface area (Å²) in [7, 11) is -2.66. The Morgan fingerprint density at radius 1 is 0.894 bits per heavy atom. The van der Waals surface area contributed by atoms with E-state index in [1.54, 1.807) is 56.5 Å². The van der Waals surface area contributed by atoms with Crippen LogP contribution in [0, 0.1) is 6.92 Å². The molecule has 0 radical (unpaired) electrons. The van der Waals surface area contributed by atoms with Gasteiger partial charge in [-0.05, 0) is 72.9 Å². The number of carbonyl (C=O) groups excluding carboxylic acids is 2. The maximum atomic E-state index is 14.7. The maximum Gasteiger partial charge on any atom is 0.264 e. The third-order valence-electron chi connectivity index (χ3n) is 8.51. The molecule has 8 nitrogen and oxygen atoms in total. The fraction of sp³-hybridized carbons (Fsp3) is 0.297. The summed E-state index contributed by atoms with van der Waals surface area (Å²) in [6.07, 6.45) is 4.07. The average Bonchev–Trinajstić information content (AvgIpc) is 3.60. The molecule has 0 spiro atoms. The number of sulfonamides is 1. The SMILES string of the molecule is COc1cccc(CN(C(=O)CN(c2cc(Cl)ccc2C)S(=O)(=O)c2ccccc2)[C@@H](Cc2ccccc2)C(=O)NC2CCCC2)c1. The summed E-state index contributed by atoms with van der Waals surface area (Å²) in [4.78, 5) is 30.4. The van der Waals surface area contributed by atoms with Crippen LogP contribution >= 0.6 is 11.6 Å². The van der Waals surface area contributed by atoms with Gasteiger partial charge in [0.1, 0.15) is 18.3 Å². The molecular weight excluding hydrogens is 634 g/mol. The van der Waals surface area contributed by atoms with Crippen LogP contribution < -0.4 is 14.4 Å². The van der Waals surface area contributed by atoms with Gasteiger partial charge >= 0.3 is 0 Å². The molecule has 1 fully saturated rings. The first-order chi connectivity index (χ1) is 22.7. The quantitative estimate of drug-likeness (QED) is 0.174. The number of halogens is 1. The third-order valence-corrected chi connectivity index (χ3v) is 10.5. The van der Waals surface area contributed by atoms with Crippen molar-refractivity contribution in [2.24, 2.45) is 0 Å². The van der Waals surface area contributed by atoms with Crippen molar-refractivity contribution >= 4 is 39.1 Å². The van der Waals surface area contributed by atoms with E-state index in [1.807, 2.05) is 48.5 Å². The van der Waals surface area contributed by atoms with E-state index in [0.29, 0.717) is 16.3 Å². The van der Waals surface area contributed by atoms with Crippen molar-refractivity contribution in [3.8, 4) is 5.75 Å². The van der Waals surface area contributed by atoms with Crippen molar-refractivity contribution < 1.29 is 22.7 Å². The van der Waals surface area contributed by atoms with Crippen molar-refractivity contribution in [1.29, 1.82) is 0 Å². The highest BCUT2D eigenvalue weighted by atomic mass is 35.5. The lowest BCUT2D eigenvalue weighted by atomic mass is 10.0. The molecule has 1 aliphatic carbocycles. The molecule has 0 aliphatic heterocycles. The van der Waals surface area contributed by atoms with Gasteiger partial charge in [0.25, 0.3) is 10.0 Å². The zero-order valence-corrected chi connectivity index (χ0v) is 28.2. The van der Waals surface area contributed by atoms with Gasteiger partial charge in [-0.25, -0.2) is 8.42 Å². The highest BCUT2D eigenvalue weighted by Gasteiger charge is 2.36. The second-order valence-corrected chi connectivity index (χ2v) is 14.1. The molecule has 1 aliphatic rings. The Hall–Kier alpha value is -4.34. The van der Waals surface area contributed by atoms with E-state index in [-0.39, 0.29) is 35.5 Å². The van der Waals surface area contributed by atoms with Crippen LogP contribution in [0.2, 0.25) is 5.02 Å². The second kappa shape index (κ2) is 15.5. The number of carbonyl (C=O) groups is 2. The zero-order valence-electron chi connectivity index (χ0n) is 26.6. The Morgan fingerprint density at radius 3 is 2.23 bits per heavy atom. The Balaban J connectivity index is 1.59. The van der Waals surface area contributed by atoms with Crippen LogP contribution in [0.4, 0.5) is 5.69 Å². The minimum absolute atomic E-state index is 0.0265. The van der Waals surface area contributed by atoms with Crippen molar-refractivity contribution in [3.05, 3.63) is 125 Å². The number of aryl methyl sites for hydroxylation is 1. The first-order valence-corrected chi connectivity index (χ1v) is 17.6. The van der Waals surface area contributed by atoms with Crippen LogP contribution in [0.15, 0.2) is 108 Å². The normalized spacial score (nSPS) is 13.9. The van der Waals surface area contributed by atoms with Crippen LogP contribution in [-0.2, 0) is 32.6 Å². The highest BCUT2D eigenvalue weighted by Crippen LogP contribution is 2.30. The number of ether oxygens (including phenoxy) is 1. The number of rotatable bonds is 13. The van der Waals surface area contributed by atoms with E-state index in [2.05, 4.69) is 5.32 Å². The van der Waals surface area contributed by atoms with Gasteiger partial charge in [-0.3, -0.25) is 13.9 Å². The van der Waals surface area contributed by atoms with Gasteiger partial charge in [0, 0.05) is 24.0 Å². The van der Waals surface area contributed by atoms with Gasteiger partial charge in [-0.15, -0.1) is 0 Å². The molecule has 4 aromatic carbocycles. The fourth-order valence-corrected chi connectivity index (χ4v) is 7.63. The van der Waals surface area contributed by atoms with Crippen molar-refractivity contribution in [2.45, 2.75) is 62.6 Å². The lowest BCUT2D eigenvalue weighted by molar-refractivity contribution is -0.140. The van der Waals surface area contributed by atoms with Crippen molar-refractivity contribution in [3.63, 3.8) is 0 Å². The summed E-state index contributed by atoms with van der Waals surface area (Å²) in [6.45, 7) is 1.27. The first kappa shape index (κ1) is 34.0. The summed E-state index contributed by atoms with van der Waals surface area (Å²) in [6, 6.07) is 28.9. The summed E-state index contributed by atoms with van der Waals surface area (Å²) < 4.78 is 35.0. The Kier molecular flexibility index (Phi) is 11.2. The van der Waals surface area contributed by atoms with E-state index in [0.717, 1.165) is 41.1 Å². The maximum absolute atomic E-state index is 14.7. The van der Waals surface area contributed by atoms with E-state index >= 15 is 0 Å². The minimum atomic E-state index is -4.22. The van der Waals surface area contributed by atoms with E-state index in [4.69, 9.17) is 16.3 Å². The molecule has 1 N–H and O–H groups in total. The smallest absolute Gasteiger partial charge is 0.264 e. The topological polar surface area (TPSA) is 96.0 Å². The number of anilines is 1. The Labute approximate surface area is 282 Å². The van der Waals surface area contributed by atoms with Crippen LogP contribution in [-0.4, -0.2) is 50.9 Å². The van der Waals surface area contributed by atoms with Crippen LogP contribution in [0.3, 0.4) is 0 Å². The molecule has 4 aromatic rings. The summed E-state index contributed by atoms with van der Waals surface area (Å²) in [5.74, 6) is -0.199. The Morgan fingerprint density at radius 2 is 1.55 bits per heavy atom. The summed E-state index contributed by atoms with van der Waals surface area (Å²) in [5, 5.41) is 3.52. The predicted molar refractivity (Wildman–Crippen MR) is 185 cm³/mol. The number of benzene rings is 4. The number of nitrogens with zero attached hydrogens (tertiary/aromatic N) is 2. The van der Waals surface area contributed by atoms with Gasteiger partial charge in [0.05, 0.1) is 17.7 Å². The molecule has 1 atom stereocenters. The van der Waals surface area contributed by atoms with Gasteiger partial charge < -0.3 is 15.0 Å². The molecule has 0 bridgehead atoms. The van der Waals surface area contributed by atoms with E-state index in [9.17, 15) is 18.0 Å². The van der Waals surface area contributed by atoms with Gasteiger partial charge in [0.15, 0.2) is 0 Å². The van der Waals surface area contributed by atoms with Crippen LogP contribution in [0.25, 0.3) is 0 Å². The standard InChI is InChI=1S/C37H40ClN3O5S/c1-27-20-21-30(38)24-34(27)41(47(44,45)33-18-7-4-8-19-33)26-36(42)40(25-29-14-11-17-32(22-29)46-2)35(23-28-12-5-3-6-13-28)37(43)39-31-15-9-10-16-31/h3-8,11-14,17-22,24,31,35H,9-10,15-16,23,25-26H2,1-2H3,(H,39,43)/t35-/m0/s1. The lowest BCUT2D eigenvalue weighted by Gasteiger charge is -2.34. The van der Waals surface area contributed by atoms with Crippen LogP contribution in [0.5, 0.6) is 5.75 Å². The molecule has 47 heavy (non-hydrogen) atoms. The van der Waals surface area contributed by atoms with Crippen molar-refractivity contribution in [2.75, 3.05) is 18.0 Å². The van der Waals surface area contributed by atoms with Crippen LogP contribution in [0.1, 0.15) is 42.4 Å². The molecule has 246 valence electrons. The lowest BCUT2D eigenvalue weighted by Crippen LogP contribution is -2.54. The zero-order chi connectivity index (χ0) is 33.4. The van der Waals surface area contributed by atoms with Gasteiger partial charge in [-0.1, -0.05) is 91.2 Å². The average molecular weight is 674 g/mol. The molecule has 10 heteroatoms. The van der Waals surface area contributed by atoms with Gasteiger partial charge in [0.2, 0.25) is 11.8 Å². The highest BCUT2D eigenvalue weighted by molar-refractivity contribution is 7.92. The number of amides is 2. The molecule has 1 saturated carbocycles. The first-order valence-electron chi connectivity index (χ1n) is 15.8. The van der Waals surface area contributed by atoms with Crippen molar-refractivity contribution in [1.82, 2.24) is 10.2 Å². The second-order valence-electron chi connectivity index (χ2n) is 11.8. The largest absolute Gasteiger partial charge is 0.497 e. The summed E-state index contributed by atoms with van der Waals surface area (Å²) >= 11 is 6.37. The number of hydrogen-bond acceptors (Lipinski definition) is 5. The van der Waals surface area contributed by atoms with E-state index in [1.165, 1.54) is 17.0 Å². The molecule has 0 heterocycles. The van der Waals surface area contributed by atoms with E-state index < -0.39 is 28.5 Å². The fourth-order valence-electron chi connectivity index (χ4n) is 5.97. The van der Waals surface area contributed by atoms with Gasteiger partial charge in [-0.2, -0.15) is 0 Å². The Bertz CT molecular complexity index is 1780. The minimum Gasteiger partial charge on any atom is -0.497 e. The molecule has 5 rings (SSSR count). The monoisotopic (exact) mass is 673 g/mol. The molecular formula is C37H40ClN3O5S. The number of nitrogens with one attached hydrogen (secondary N) is 1. The predicted octanol–water partition coefficient (Wildman–Crippen LogP) is 6.55. The third kappa shape index (κ3) is 8.53. The molecule has 0 aromatic heterocycles.